The molecule has 1 aromatic heterocycles. The summed E-state index contributed by atoms with van der Waals surface area (Å²) in [6, 6.07) is 5.36. The molecule has 18 heavy (non-hydrogen) atoms. The molecular weight excluding hydrogens is 232 g/mol. The topological polar surface area (TPSA) is 64.2 Å². The van der Waals surface area contributed by atoms with Crippen LogP contribution in [0.5, 0.6) is 0 Å². The van der Waals surface area contributed by atoms with Crippen LogP contribution in [0.25, 0.3) is 10.9 Å². The van der Waals surface area contributed by atoms with E-state index in [-0.39, 0.29) is 12.1 Å². The van der Waals surface area contributed by atoms with Crippen molar-refractivity contribution < 1.29 is 5.11 Å². The Kier molecular flexibility index (Phi) is 3.09. The molecule has 0 amide bonds. The van der Waals surface area contributed by atoms with Crippen molar-refractivity contribution in [2.24, 2.45) is 7.05 Å². The molecule has 5 nitrogen and oxygen atoms in total. The van der Waals surface area contributed by atoms with Crippen molar-refractivity contribution in [3.63, 3.8) is 0 Å². The highest BCUT2D eigenvalue weighted by atomic mass is 16.3. The van der Waals surface area contributed by atoms with Gasteiger partial charge < -0.3 is 5.11 Å². The Balaban J connectivity index is 2.88. The summed E-state index contributed by atoms with van der Waals surface area (Å²) in [5.41, 5.74) is 0.852. The summed E-state index contributed by atoms with van der Waals surface area (Å²) in [4.78, 5) is 24.3. The van der Waals surface area contributed by atoms with Gasteiger partial charge in [0.1, 0.15) is 0 Å². The molecule has 2 aromatic rings. The van der Waals surface area contributed by atoms with E-state index in [4.69, 9.17) is 0 Å². The van der Waals surface area contributed by atoms with Crippen LogP contribution in [0.2, 0.25) is 0 Å². The fourth-order valence-electron chi connectivity index (χ4n) is 2.04. The maximum atomic E-state index is 12.2. The molecule has 1 unspecified atom stereocenters. The van der Waals surface area contributed by atoms with Gasteiger partial charge in [-0.2, -0.15) is 0 Å². The van der Waals surface area contributed by atoms with Crippen LogP contribution >= 0.6 is 0 Å². The van der Waals surface area contributed by atoms with Gasteiger partial charge in [-0.1, -0.05) is 6.07 Å². The summed E-state index contributed by atoms with van der Waals surface area (Å²) in [5.74, 6) is 0. The number of aliphatic hydroxyl groups excluding tert-OH is 1. The zero-order valence-electron chi connectivity index (χ0n) is 10.7. The number of hydrogen-bond donors (Lipinski definition) is 1. The number of fused-ring (bicyclic) bond motifs is 1. The van der Waals surface area contributed by atoms with E-state index in [1.54, 1.807) is 20.0 Å². The standard InChI is InChI=1S/C13H16N2O3/c1-8-4-5-10-11(6-8)14(3)13(18)15(12(10)17)7-9(2)16/h4-6,9,16H,7H2,1-3H3. The highest BCUT2D eigenvalue weighted by molar-refractivity contribution is 5.78. The molecule has 0 aliphatic rings. The van der Waals surface area contributed by atoms with Gasteiger partial charge in [0, 0.05) is 7.05 Å². The summed E-state index contributed by atoms with van der Waals surface area (Å²) in [6.45, 7) is 3.46. The molecule has 0 fully saturated rings. The quantitative estimate of drug-likeness (QED) is 0.836. The number of benzene rings is 1. The van der Waals surface area contributed by atoms with Crippen molar-refractivity contribution in [2.75, 3.05) is 0 Å². The number of nitrogens with zero attached hydrogens (tertiary/aromatic N) is 2. The second kappa shape index (κ2) is 4.42. The molecule has 0 radical (unpaired) electrons. The minimum Gasteiger partial charge on any atom is -0.392 e. The molecule has 1 N–H and O–H groups in total. The summed E-state index contributed by atoms with van der Waals surface area (Å²) < 4.78 is 2.51. The Hall–Kier alpha value is -1.88. The molecule has 0 aliphatic carbocycles. The third-order valence-electron chi connectivity index (χ3n) is 2.95. The molecule has 96 valence electrons. The molecular formula is C13H16N2O3. The van der Waals surface area contributed by atoms with Gasteiger partial charge in [-0.3, -0.25) is 13.9 Å². The molecule has 1 aromatic carbocycles. The minimum absolute atomic E-state index is 0.00925. The third-order valence-corrected chi connectivity index (χ3v) is 2.95. The predicted octanol–water partition coefficient (Wildman–Crippen LogP) is 0.389. The van der Waals surface area contributed by atoms with Crippen LogP contribution in [-0.2, 0) is 13.6 Å². The minimum atomic E-state index is -0.738. The first-order valence-corrected chi connectivity index (χ1v) is 5.80. The van der Waals surface area contributed by atoms with Crippen molar-refractivity contribution in [3.05, 3.63) is 44.6 Å². The van der Waals surface area contributed by atoms with E-state index in [0.717, 1.165) is 10.1 Å². The molecule has 0 saturated carbocycles. The van der Waals surface area contributed by atoms with Crippen molar-refractivity contribution in [2.45, 2.75) is 26.5 Å². The maximum Gasteiger partial charge on any atom is 0.331 e. The number of aliphatic hydroxyl groups is 1. The van der Waals surface area contributed by atoms with Crippen LogP contribution in [0.3, 0.4) is 0 Å². The predicted molar refractivity (Wildman–Crippen MR) is 69.9 cm³/mol. The summed E-state index contributed by atoms with van der Waals surface area (Å²) >= 11 is 0. The summed E-state index contributed by atoms with van der Waals surface area (Å²) in [6.07, 6.45) is -0.738. The van der Waals surface area contributed by atoms with E-state index in [2.05, 4.69) is 0 Å². The van der Waals surface area contributed by atoms with Gasteiger partial charge in [0.15, 0.2) is 0 Å². The largest absolute Gasteiger partial charge is 0.392 e. The van der Waals surface area contributed by atoms with Crippen molar-refractivity contribution in [3.8, 4) is 0 Å². The van der Waals surface area contributed by atoms with Gasteiger partial charge in [0.2, 0.25) is 0 Å². The van der Waals surface area contributed by atoms with E-state index in [0.29, 0.717) is 10.9 Å². The molecule has 0 aliphatic heterocycles. The van der Waals surface area contributed by atoms with Crippen molar-refractivity contribution >= 4 is 10.9 Å². The highest BCUT2D eigenvalue weighted by Crippen LogP contribution is 2.09. The van der Waals surface area contributed by atoms with Crippen LogP contribution in [0, 0.1) is 6.92 Å². The Labute approximate surface area is 104 Å². The zero-order chi connectivity index (χ0) is 13.4. The molecule has 0 saturated heterocycles. The average molecular weight is 248 g/mol. The van der Waals surface area contributed by atoms with E-state index in [9.17, 15) is 14.7 Å². The van der Waals surface area contributed by atoms with Crippen LogP contribution < -0.4 is 11.2 Å². The van der Waals surface area contributed by atoms with E-state index < -0.39 is 11.8 Å². The van der Waals surface area contributed by atoms with Crippen LogP contribution in [0.1, 0.15) is 12.5 Å². The number of aryl methyl sites for hydroxylation is 2. The Morgan fingerprint density at radius 3 is 2.61 bits per heavy atom. The first-order chi connectivity index (χ1) is 8.41. The van der Waals surface area contributed by atoms with Gasteiger partial charge in [0.25, 0.3) is 5.56 Å². The van der Waals surface area contributed by atoms with E-state index in [1.807, 2.05) is 19.1 Å². The lowest BCUT2D eigenvalue weighted by molar-refractivity contribution is 0.170. The third kappa shape index (κ3) is 1.97. The lowest BCUT2D eigenvalue weighted by atomic mass is 10.1. The van der Waals surface area contributed by atoms with Crippen LogP contribution in [-0.4, -0.2) is 20.3 Å². The monoisotopic (exact) mass is 248 g/mol. The fourth-order valence-corrected chi connectivity index (χ4v) is 2.04. The number of hydrogen-bond acceptors (Lipinski definition) is 3. The first-order valence-electron chi connectivity index (χ1n) is 5.80. The van der Waals surface area contributed by atoms with Crippen molar-refractivity contribution in [1.29, 1.82) is 0 Å². The van der Waals surface area contributed by atoms with Crippen molar-refractivity contribution in [1.82, 2.24) is 9.13 Å². The SMILES string of the molecule is Cc1ccc2c(=O)n(CC(C)O)c(=O)n(C)c2c1. The number of aromatic nitrogens is 2. The normalized spacial score (nSPS) is 12.9. The lowest BCUT2D eigenvalue weighted by Gasteiger charge is -2.12. The Bertz CT molecular complexity index is 710. The van der Waals surface area contributed by atoms with Gasteiger partial charge in [0.05, 0.1) is 23.6 Å². The molecule has 0 bridgehead atoms. The van der Waals surface area contributed by atoms with Gasteiger partial charge >= 0.3 is 5.69 Å². The molecule has 5 heteroatoms. The smallest absolute Gasteiger partial charge is 0.331 e. The molecule has 2 rings (SSSR count). The lowest BCUT2D eigenvalue weighted by Crippen LogP contribution is -2.41. The highest BCUT2D eigenvalue weighted by Gasteiger charge is 2.12. The van der Waals surface area contributed by atoms with Crippen LogP contribution in [0.15, 0.2) is 27.8 Å². The maximum absolute atomic E-state index is 12.2. The average Bonchev–Trinajstić information content (AvgIpc) is 2.31. The first kappa shape index (κ1) is 12.6. The number of rotatable bonds is 2. The molecule has 1 atom stereocenters. The van der Waals surface area contributed by atoms with Gasteiger partial charge in [-0.15, -0.1) is 0 Å². The van der Waals surface area contributed by atoms with E-state index in [1.165, 1.54) is 4.57 Å². The zero-order valence-corrected chi connectivity index (χ0v) is 10.7. The Morgan fingerprint density at radius 1 is 1.33 bits per heavy atom. The molecule has 1 heterocycles. The second-order valence-electron chi connectivity index (χ2n) is 4.63. The summed E-state index contributed by atoms with van der Waals surface area (Å²) in [7, 11) is 1.63. The summed E-state index contributed by atoms with van der Waals surface area (Å²) in [5, 5.41) is 9.84. The Morgan fingerprint density at radius 2 is 2.00 bits per heavy atom. The molecule has 0 spiro atoms. The fraction of sp³-hybridized carbons (Fsp3) is 0.385. The van der Waals surface area contributed by atoms with Gasteiger partial charge in [-0.25, -0.2) is 4.79 Å². The van der Waals surface area contributed by atoms with Crippen LogP contribution in [0.4, 0.5) is 0 Å². The van der Waals surface area contributed by atoms with Gasteiger partial charge in [-0.05, 0) is 31.5 Å². The van der Waals surface area contributed by atoms with E-state index >= 15 is 0 Å². The second-order valence-corrected chi connectivity index (χ2v) is 4.63.